The second-order valence-electron chi connectivity index (χ2n) is 4.27. The highest BCUT2D eigenvalue weighted by atomic mass is 16.3. The van der Waals surface area contributed by atoms with Crippen molar-refractivity contribution in [2.75, 3.05) is 0 Å². The molecule has 0 atom stereocenters. The normalized spacial score (nSPS) is 10.5. The molecule has 0 spiro atoms. The van der Waals surface area contributed by atoms with Gasteiger partial charge < -0.3 is 5.11 Å². The summed E-state index contributed by atoms with van der Waals surface area (Å²) in [5, 5.41) is 9.41. The van der Waals surface area contributed by atoms with Gasteiger partial charge in [-0.15, -0.1) is 0 Å². The molecule has 2 rings (SSSR count). The average molecular weight is 226 g/mol. The van der Waals surface area contributed by atoms with Crippen molar-refractivity contribution in [2.45, 2.75) is 26.9 Å². The second kappa shape index (κ2) is 5.15. The predicted octanol–water partition coefficient (Wildman–Crippen LogP) is 3.72. The first-order valence-corrected chi connectivity index (χ1v) is 6.05. The van der Waals surface area contributed by atoms with Gasteiger partial charge in [-0.05, 0) is 41.2 Å². The summed E-state index contributed by atoms with van der Waals surface area (Å²) in [5.74, 6) is 0. The lowest BCUT2D eigenvalue weighted by molar-refractivity contribution is 0.280. The quantitative estimate of drug-likeness (QED) is 0.845. The summed E-state index contributed by atoms with van der Waals surface area (Å²) in [6.07, 6.45) is 0.946. The lowest BCUT2D eigenvalue weighted by Gasteiger charge is -2.15. The fourth-order valence-electron chi connectivity index (χ4n) is 2.37. The zero-order chi connectivity index (χ0) is 12.3. The first-order valence-electron chi connectivity index (χ1n) is 6.05. The Balaban J connectivity index is 2.67. The Kier molecular flexibility index (Phi) is 3.60. The van der Waals surface area contributed by atoms with E-state index in [0.717, 1.165) is 12.0 Å². The van der Waals surface area contributed by atoms with Crippen LogP contribution < -0.4 is 0 Å². The zero-order valence-electron chi connectivity index (χ0n) is 10.4. The topological polar surface area (TPSA) is 20.2 Å². The van der Waals surface area contributed by atoms with E-state index in [4.69, 9.17) is 0 Å². The van der Waals surface area contributed by atoms with E-state index in [2.05, 4.69) is 44.2 Å². The van der Waals surface area contributed by atoms with Crippen LogP contribution in [-0.2, 0) is 13.0 Å². The number of aliphatic hydroxyl groups excluding tert-OH is 1. The van der Waals surface area contributed by atoms with E-state index in [9.17, 15) is 5.11 Å². The smallest absolute Gasteiger partial charge is 0.0684 e. The van der Waals surface area contributed by atoms with Crippen LogP contribution in [0.15, 0.2) is 42.5 Å². The maximum Gasteiger partial charge on any atom is 0.0684 e. The van der Waals surface area contributed by atoms with E-state index in [0.29, 0.717) is 0 Å². The van der Waals surface area contributed by atoms with Gasteiger partial charge in [-0.25, -0.2) is 0 Å². The van der Waals surface area contributed by atoms with Crippen molar-refractivity contribution in [3.63, 3.8) is 0 Å². The Morgan fingerprint density at radius 1 is 1.00 bits per heavy atom. The second-order valence-corrected chi connectivity index (χ2v) is 4.27. The lowest BCUT2D eigenvalue weighted by atomic mass is 9.90. The zero-order valence-corrected chi connectivity index (χ0v) is 10.4. The van der Waals surface area contributed by atoms with Crippen LogP contribution in [0.4, 0.5) is 0 Å². The van der Waals surface area contributed by atoms with Gasteiger partial charge in [0.2, 0.25) is 0 Å². The summed E-state index contributed by atoms with van der Waals surface area (Å²) < 4.78 is 0. The van der Waals surface area contributed by atoms with Gasteiger partial charge in [0, 0.05) is 0 Å². The molecule has 0 saturated heterocycles. The highest BCUT2D eigenvalue weighted by Crippen LogP contribution is 2.30. The Labute approximate surface area is 103 Å². The van der Waals surface area contributed by atoms with Crippen molar-refractivity contribution in [3.8, 4) is 11.1 Å². The minimum absolute atomic E-state index is 0.114. The lowest BCUT2D eigenvalue weighted by Crippen LogP contribution is -1.98. The fraction of sp³-hybridized carbons (Fsp3) is 0.250. The minimum atomic E-state index is 0.114. The predicted molar refractivity (Wildman–Crippen MR) is 71.9 cm³/mol. The van der Waals surface area contributed by atoms with E-state index in [-0.39, 0.29) is 6.61 Å². The van der Waals surface area contributed by atoms with Gasteiger partial charge in [0.25, 0.3) is 0 Å². The minimum Gasteiger partial charge on any atom is -0.392 e. The Morgan fingerprint density at radius 3 is 2.29 bits per heavy atom. The van der Waals surface area contributed by atoms with E-state index < -0.39 is 0 Å². The number of hydrogen-bond donors (Lipinski definition) is 1. The monoisotopic (exact) mass is 226 g/mol. The molecular weight excluding hydrogens is 208 g/mol. The SMILES string of the molecule is CCc1c(CO)ccc(C)c1-c1ccccc1. The summed E-state index contributed by atoms with van der Waals surface area (Å²) in [4.78, 5) is 0. The highest BCUT2D eigenvalue weighted by molar-refractivity contribution is 5.72. The molecule has 0 fully saturated rings. The maximum atomic E-state index is 9.41. The van der Waals surface area contributed by atoms with Gasteiger partial charge in [0.15, 0.2) is 0 Å². The number of rotatable bonds is 3. The van der Waals surface area contributed by atoms with Gasteiger partial charge in [-0.2, -0.15) is 0 Å². The fourth-order valence-corrected chi connectivity index (χ4v) is 2.37. The van der Waals surface area contributed by atoms with Gasteiger partial charge in [-0.3, -0.25) is 0 Å². The Bertz CT molecular complexity index is 500. The molecule has 2 aromatic carbocycles. The molecule has 0 heterocycles. The van der Waals surface area contributed by atoms with Crippen molar-refractivity contribution >= 4 is 0 Å². The number of hydrogen-bond acceptors (Lipinski definition) is 1. The molecule has 0 amide bonds. The van der Waals surface area contributed by atoms with Crippen molar-refractivity contribution < 1.29 is 5.11 Å². The highest BCUT2D eigenvalue weighted by Gasteiger charge is 2.10. The van der Waals surface area contributed by atoms with Crippen LogP contribution in [0.3, 0.4) is 0 Å². The first kappa shape index (κ1) is 11.9. The van der Waals surface area contributed by atoms with Crippen LogP contribution >= 0.6 is 0 Å². The molecule has 0 unspecified atom stereocenters. The Morgan fingerprint density at radius 2 is 1.71 bits per heavy atom. The summed E-state index contributed by atoms with van der Waals surface area (Å²) in [7, 11) is 0. The van der Waals surface area contributed by atoms with Crippen LogP contribution in [0.2, 0.25) is 0 Å². The number of aryl methyl sites for hydroxylation is 1. The molecule has 0 aliphatic carbocycles. The Hall–Kier alpha value is -1.60. The summed E-state index contributed by atoms with van der Waals surface area (Å²) in [6, 6.07) is 14.5. The molecule has 0 radical (unpaired) electrons. The summed E-state index contributed by atoms with van der Waals surface area (Å²) >= 11 is 0. The molecule has 0 aliphatic heterocycles. The molecule has 17 heavy (non-hydrogen) atoms. The third-order valence-electron chi connectivity index (χ3n) is 3.20. The molecule has 0 aromatic heterocycles. The molecule has 2 aromatic rings. The number of benzene rings is 2. The summed E-state index contributed by atoms with van der Waals surface area (Å²) in [6.45, 7) is 4.38. The number of aliphatic hydroxyl groups is 1. The van der Waals surface area contributed by atoms with Crippen molar-refractivity contribution in [2.24, 2.45) is 0 Å². The van der Waals surface area contributed by atoms with Crippen LogP contribution in [-0.4, -0.2) is 5.11 Å². The van der Waals surface area contributed by atoms with E-state index in [1.54, 1.807) is 0 Å². The third-order valence-corrected chi connectivity index (χ3v) is 3.20. The largest absolute Gasteiger partial charge is 0.392 e. The van der Waals surface area contributed by atoms with E-state index in [1.165, 1.54) is 22.3 Å². The maximum absolute atomic E-state index is 9.41. The van der Waals surface area contributed by atoms with Crippen molar-refractivity contribution in [1.29, 1.82) is 0 Å². The average Bonchev–Trinajstić information content (AvgIpc) is 2.39. The van der Waals surface area contributed by atoms with Gasteiger partial charge in [0.05, 0.1) is 6.61 Å². The molecule has 0 bridgehead atoms. The first-order chi connectivity index (χ1) is 8.27. The molecule has 1 heteroatoms. The van der Waals surface area contributed by atoms with Crippen LogP contribution in [0.1, 0.15) is 23.6 Å². The van der Waals surface area contributed by atoms with E-state index in [1.807, 2.05) is 12.1 Å². The molecule has 1 nitrogen and oxygen atoms in total. The van der Waals surface area contributed by atoms with Crippen LogP contribution in [0.25, 0.3) is 11.1 Å². The van der Waals surface area contributed by atoms with Gasteiger partial charge >= 0.3 is 0 Å². The summed E-state index contributed by atoms with van der Waals surface area (Å²) in [5.41, 5.74) is 6.08. The molecular formula is C16H18O. The standard InChI is InChI=1S/C16H18O/c1-3-15-14(11-17)10-9-12(2)16(15)13-7-5-4-6-8-13/h4-10,17H,3,11H2,1-2H3. The van der Waals surface area contributed by atoms with Gasteiger partial charge in [-0.1, -0.05) is 49.4 Å². The van der Waals surface area contributed by atoms with Gasteiger partial charge in [0.1, 0.15) is 0 Å². The molecule has 0 saturated carbocycles. The van der Waals surface area contributed by atoms with Crippen molar-refractivity contribution in [3.05, 3.63) is 59.2 Å². The molecule has 88 valence electrons. The molecule has 0 aliphatic rings. The van der Waals surface area contributed by atoms with Crippen molar-refractivity contribution in [1.82, 2.24) is 0 Å². The van der Waals surface area contributed by atoms with Crippen LogP contribution in [0, 0.1) is 6.92 Å². The molecule has 1 N–H and O–H groups in total. The third kappa shape index (κ3) is 2.25. The van der Waals surface area contributed by atoms with E-state index >= 15 is 0 Å². The van der Waals surface area contributed by atoms with Crippen LogP contribution in [0.5, 0.6) is 0 Å².